The van der Waals surface area contributed by atoms with Gasteiger partial charge in [0.05, 0.1) is 6.61 Å². The zero-order valence-corrected chi connectivity index (χ0v) is 20.1. The van der Waals surface area contributed by atoms with E-state index in [1.807, 2.05) is 0 Å². The van der Waals surface area contributed by atoms with Crippen molar-refractivity contribution in [3.63, 3.8) is 0 Å². The number of hydrogen-bond acceptors (Lipinski definition) is 1. The summed E-state index contributed by atoms with van der Waals surface area (Å²) in [6, 6.07) is 25.8. The summed E-state index contributed by atoms with van der Waals surface area (Å²) in [5.74, 6) is 9.27. The number of rotatable bonds is 7. The Morgan fingerprint density at radius 1 is 0.697 bits per heavy atom. The monoisotopic (exact) mass is 436 g/mol. The summed E-state index contributed by atoms with van der Waals surface area (Å²) >= 11 is 0. The van der Waals surface area contributed by atoms with Crippen molar-refractivity contribution in [1.82, 2.24) is 0 Å². The molecule has 3 aromatic rings. The Hall–Kier alpha value is -2.98. The molecule has 0 heterocycles. The van der Waals surface area contributed by atoms with Gasteiger partial charge in [-0.05, 0) is 97.0 Å². The van der Waals surface area contributed by atoms with E-state index in [9.17, 15) is 0 Å². The van der Waals surface area contributed by atoms with Crippen LogP contribution in [0.1, 0.15) is 81.4 Å². The Kier molecular flexibility index (Phi) is 8.26. The van der Waals surface area contributed by atoms with Crippen LogP contribution in [0.2, 0.25) is 0 Å². The first-order valence-electron chi connectivity index (χ1n) is 12.7. The van der Waals surface area contributed by atoms with Crippen molar-refractivity contribution in [2.75, 3.05) is 6.61 Å². The average Bonchev–Trinajstić information content (AvgIpc) is 2.89. The molecule has 1 heteroatoms. The second kappa shape index (κ2) is 11.8. The fourth-order valence-electron chi connectivity index (χ4n) is 4.71. The van der Waals surface area contributed by atoms with Gasteiger partial charge in [0.25, 0.3) is 0 Å². The molecule has 1 nitrogen and oxygen atoms in total. The minimum absolute atomic E-state index is 0.735. The molecular weight excluding hydrogens is 400 g/mol. The Labute approximate surface area is 200 Å². The maximum atomic E-state index is 5.76. The minimum Gasteiger partial charge on any atom is -0.494 e. The van der Waals surface area contributed by atoms with Gasteiger partial charge in [-0.2, -0.15) is 0 Å². The van der Waals surface area contributed by atoms with E-state index < -0.39 is 0 Å². The standard InChI is InChI=1S/C32H36O/c1-3-5-24-33-32-22-20-31(21-23-32)30-18-12-27(13-19-30)7-6-26-10-16-29(17-11-26)28-14-8-25(4-2)9-15-28/h10-13,16-23,25,28H,3-5,8-9,14-15,24H2,1-2H3. The first kappa shape index (κ1) is 23.2. The summed E-state index contributed by atoms with van der Waals surface area (Å²) in [6.45, 7) is 5.29. The normalized spacial score (nSPS) is 17.8. The van der Waals surface area contributed by atoms with Crippen LogP contribution in [-0.4, -0.2) is 6.61 Å². The summed E-state index contributed by atoms with van der Waals surface area (Å²) < 4.78 is 5.76. The molecule has 170 valence electrons. The van der Waals surface area contributed by atoms with E-state index in [0.29, 0.717) is 0 Å². The lowest BCUT2D eigenvalue weighted by atomic mass is 9.78. The average molecular weight is 437 g/mol. The van der Waals surface area contributed by atoms with E-state index >= 15 is 0 Å². The Bertz CT molecular complexity index is 1040. The van der Waals surface area contributed by atoms with E-state index in [0.717, 1.165) is 48.2 Å². The lowest BCUT2D eigenvalue weighted by Crippen LogP contribution is -2.12. The SMILES string of the molecule is CCCCOc1ccc(-c2ccc(C#Cc3ccc(C4CCC(CC)CC4)cc3)cc2)cc1. The van der Waals surface area contributed by atoms with Crippen LogP contribution in [0, 0.1) is 17.8 Å². The van der Waals surface area contributed by atoms with Crippen molar-refractivity contribution >= 4 is 0 Å². The maximum Gasteiger partial charge on any atom is 0.119 e. The molecule has 0 aromatic heterocycles. The van der Waals surface area contributed by atoms with Crippen LogP contribution in [0.15, 0.2) is 72.8 Å². The van der Waals surface area contributed by atoms with E-state index in [2.05, 4.69) is 98.5 Å². The number of benzene rings is 3. The molecule has 1 fully saturated rings. The number of ether oxygens (including phenoxy) is 1. The van der Waals surface area contributed by atoms with Gasteiger partial charge in [0.2, 0.25) is 0 Å². The highest BCUT2D eigenvalue weighted by Crippen LogP contribution is 2.36. The van der Waals surface area contributed by atoms with Crippen LogP contribution in [0.5, 0.6) is 5.75 Å². The molecule has 0 bridgehead atoms. The topological polar surface area (TPSA) is 9.23 Å². The zero-order valence-electron chi connectivity index (χ0n) is 20.1. The Balaban J connectivity index is 1.34. The van der Waals surface area contributed by atoms with E-state index in [1.54, 1.807) is 0 Å². The molecule has 0 N–H and O–H groups in total. The van der Waals surface area contributed by atoms with Crippen LogP contribution in [-0.2, 0) is 0 Å². The molecule has 0 amide bonds. The van der Waals surface area contributed by atoms with Crippen LogP contribution in [0.3, 0.4) is 0 Å². The third-order valence-corrected chi connectivity index (χ3v) is 7.00. The predicted molar refractivity (Wildman–Crippen MR) is 140 cm³/mol. The van der Waals surface area contributed by atoms with E-state index in [4.69, 9.17) is 4.74 Å². The molecule has 4 rings (SSSR count). The molecule has 33 heavy (non-hydrogen) atoms. The van der Waals surface area contributed by atoms with Gasteiger partial charge >= 0.3 is 0 Å². The smallest absolute Gasteiger partial charge is 0.119 e. The number of hydrogen-bond donors (Lipinski definition) is 0. The van der Waals surface area contributed by atoms with Crippen molar-refractivity contribution in [3.05, 3.63) is 89.5 Å². The van der Waals surface area contributed by atoms with Crippen molar-refractivity contribution < 1.29 is 4.74 Å². The highest BCUT2D eigenvalue weighted by atomic mass is 16.5. The Morgan fingerprint density at radius 2 is 1.24 bits per heavy atom. The van der Waals surface area contributed by atoms with Gasteiger partial charge in [-0.3, -0.25) is 0 Å². The van der Waals surface area contributed by atoms with Gasteiger partial charge in [-0.1, -0.05) is 74.9 Å². The first-order valence-corrected chi connectivity index (χ1v) is 12.7. The fraction of sp³-hybridized carbons (Fsp3) is 0.375. The summed E-state index contributed by atoms with van der Waals surface area (Å²) in [7, 11) is 0. The van der Waals surface area contributed by atoms with Crippen LogP contribution in [0.25, 0.3) is 11.1 Å². The molecular formula is C32H36O. The summed E-state index contributed by atoms with van der Waals surface area (Å²) in [6.07, 6.45) is 9.02. The van der Waals surface area contributed by atoms with Crippen LogP contribution < -0.4 is 4.74 Å². The van der Waals surface area contributed by atoms with Gasteiger partial charge in [0.1, 0.15) is 5.75 Å². The third kappa shape index (κ3) is 6.52. The van der Waals surface area contributed by atoms with Crippen molar-refractivity contribution in [1.29, 1.82) is 0 Å². The van der Waals surface area contributed by atoms with Gasteiger partial charge in [-0.25, -0.2) is 0 Å². The highest BCUT2D eigenvalue weighted by molar-refractivity contribution is 5.65. The largest absolute Gasteiger partial charge is 0.494 e. The van der Waals surface area contributed by atoms with Crippen molar-refractivity contribution in [2.45, 2.75) is 64.7 Å². The molecule has 3 aromatic carbocycles. The lowest BCUT2D eigenvalue weighted by molar-refractivity contribution is 0.309. The summed E-state index contributed by atoms with van der Waals surface area (Å²) in [5.41, 5.74) is 6.01. The second-order valence-electron chi connectivity index (χ2n) is 9.30. The van der Waals surface area contributed by atoms with Gasteiger partial charge < -0.3 is 4.74 Å². The molecule has 0 unspecified atom stereocenters. The predicted octanol–water partition coefficient (Wildman–Crippen LogP) is 8.62. The number of unbranched alkanes of at least 4 members (excludes halogenated alkanes) is 1. The minimum atomic E-state index is 0.735. The lowest BCUT2D eigenvalue weighted by Gasteiger charge is -2.28. The molecule has 0 spiro atoms. The molecule has 1 aliphatic carbocycles. The van der Waals surface area contributed by atoms with Gasteiger partial charge in [0, 0.05) is 11.1 Å². The molecule has 0 aliphatic heterocycles. The van der Waals surface area contributed by atoms with Crippen molar-refractivity contribution in [2.24, 2.45) is 5.92 Å². The van der Waals surface area contributed by atoms with Crippen LogP contribution in [0.4, 0.5) is 0 Å². The maximum absolute atomic E-state index is 5.76. The summed E-state index contributed by atoms with van der Waals surface area (Å²) in [5, 5.41) is 0. The van der Waals surface area contributed by atoms with E-state index in [1.165, 1.54) is 48.8 Å². The van der Waals surface area contributed by atoms with E-state index in [-0.39, 0.29) is 0 Å². The zero-order chi connectivity index (χ0) is 22.9. The van der Waals surface area contributed by atoms with Gasteiger partial charge in [0.15, 0.2) is 0 Å². The van der Waals surface area contributed by atoms with Gasteiger partial charge in [-0.15, -0.1) is 0 Å². The second-order valence-corrected chi connectivity index (χ2v) is 9.30. The van der Waals surface area contributed by atoms with Crippen molar-refractivity contribution in [3.8, 4) is 28.7 Å². The molecule has 0 atom stereocenters. The summed E-state index contributed by atoms with van der Waals surface area (Å²) in [4.78, 5) is 0. The molecule has 1 saturated carbocycles. The molecule has 0 radical (unpaired) electrons. The van der Waals surface area contributed by atoms with Crippen LogP contribution >= 0.6 is 0 Å². The molecule has 0 saturated heterocycles. The quantitative estimate of drug-likeness (QED) is 0.266. The Morgan fingerprint density at radius 3 is 1.79 bits per heavy atom. The molecule has 1 aliphatic rings. The first-order chi connectivity index (χ1) is 16.2. The fourth-order valence-corrected chi connectivity index (χ4v) is 4.71. The third-order valence-electron chi connectivity index (χ3n) is 7.00. The highest BCUT2D eigenvalue weighted by Gasteiger charge is 2.20.